The molecule has 0 aromatic heterocycles. The highest BCUT2D eigenvalue weighted by Gasteiger charge is 2.24. The zero-order chi connectivity index (χ0) is 12.4. The van der Waals surface area contributed by atoms with Gasteiger partial charge in [-0.25, -0.2) is 4.79 Å². The lowest BCUT2D eigenvalue weighted by atomic mass is 10.1. The Morgan fingerprint density at radius 2 is 2.00 bits per heavy atom. The molecule has 0 radical (unpaired) electrons. The van der Waals surface area contributed by atoms with Gasteiger partial charge in [-0.05, 0) is 43.5 Å². The summed E-state index contributed by atoms with van der Waals surface area (Å²) in [6.07, 6.45) is 0.292. The summed E-state index contributed by atoms with van der Waals surface area (Å²) in [6.45, 7) is 5.05. The zero-order valence-corrected chi connectivity index (χ0v) is 10.2. The second kappa shape index (κ2) is 4.75. The van der Waals surface area contributed by atoms with Crippen LogP contribution in [0.15, 0.2) is 18.2 Å². The molecule has 0 saturated carbocycles. The maximum atomic E-state index is 11.9. The molecule has 0 bridgehead atoms. The lowest BCUT2D eigenvalue weighted by molar-refractivity contribution is 0.176. The molecular weight excluding hydrogens is 216 g/mol. The summed E-state index contributed by atoms with van der Waals surface area (Å²) in [5, 5.41) is 12.2. The molecule has 2 amide bonds. The minimum Gasteiger partial charge on any atom is -0.391 e. The summed E-state index contributed by atoms with van der Waals surface area (Å²) in [5.74, 6) is 0. The second-order valence-electron chi connectivity index (χ2n) is 4.70. The minimum absolute atomic E-state index is 0.133. The van der Waals surface area contributed by atoms with E-state index in [1.807, 2.05) is 26.0 Å². The van der Waals surface area contributed by atoms with Gasteiger partial charge in [-0.1, -0.05) is 6.07 Å². The van der Waals surface area contributed by atoms with Gasteiger partial charge in [-0.15, -0.1) is 0 Å². The summed E-state index contributed by atoms with van der Waals surface area (Å²) in [7, 11) is 0. The largest absolute Gasteiger partial charge is 0.391 e. The van der Waals surface area contributed by atoms with Crippen LogP contribution in [0.1, 0.15) is 17.5 Å². The molecule has 0 unspecified atom stereocenters. The molecule has 1 aromatic carbocycles. The van der Waals surface area contributed by atoms with Crippen molar-refractivity contribution < 1.29 is 9.90 Å². The number of aryl methyl sites for hydroxylation is 2. The molecule has 1 heterocycles. The molecule has 17 heavy (non-hydrogen) atoms. The van der Waals surface area contributed by atoms with Crippen LogP contribution in [0.4, 0.5) is 10.5 Å². The van der Waals surface area contributed by atoms with Crippen molar-refractivity contribution in [1.82, 2.24) is 4.90 Å². The van der Waals surface area contributed by atoms with E-state index < -0.39 is 0 Å². The number of likely N-dealkylation sites (tertiary alicyclic amines) is 1. The third-order valence-corrected chi connectivity index (χ3v) is 2.92. The average molecular weight is 234 g/mol. The Labute approximate surface area is 101 Å². The molecule has 1 saturated heterocycles. The van der Waals surface area contributed by atoms with Crippen molar-refractivity contribution in [3.63, 3.8) is 0 Å². The molecule has 1 fully saturated rings. The molecule has 2 N–H and O–H groups in total. The van der Waals surface area contributed by atoms with Crippen LogP contribution < -0.4 is 5.32 Å². The lowest BCUT2D eigenvalue weighted by Gasteiger charge is -2.17. The molecule has 1 aliphatic heterocycles. The standard InChI is InChI=1S/C13H18N2O2/c1-9-5-10(2)7-11(6-9)14-13(17)15-4-3-12(16)8-15/h5-7,12,16H,3-4,8H2,1-2H3,(H,14,17)/t12-/m1/s1. The smallest absolute Gasteiger partial charge is 0.321 e. The molecule has 0 aliphatic carbocycles. The van der Waals surface area contributed by atoms with E-state index in [1.54, 1.807) is 4.90 Å². The molecule has 1 aliphatic rings. The van der Waals surface area contributed by atoms with Crippen molar-refractivity contribution in [2.45, 2.75) is 26.4 Å². The summed E-state index contributed by atoms with van der Waals surface area (Å²) >= 11 is 0. The van der Waals surface area contributed by atoms with Crippen molar-refractivity contribution in [2.24, 2.45) is 0 Å². The average Bonchev–Trinajstić information content (AvgIpc) is 2.63. The molecule has 1 atom stereocenters. The number of rotatable bonds is 1. The number of β-amino-alcohol motifs (C(OH)–C–C–N with tert-alkyl or cyclic N) is 1. The topological polar surface area (TPSA) is 52.6 Å². The minimum atomic E-state index is -0.375. The van der Waals surface area contributed by atoms with E-state index in [-0.39, 0.29) is 12.1 Å². The number of nitrogens with one attached hydrogen (secondary N) is 1. The first-order valence-corrected chi connectivity index (χ1v) is 5.87. The Kier molecular flexibility index (Phi) is 3.33. The van der Waals surface area contributed by atoms with Gasteiger partial charge in [0.2, 0.25) is 0 Å². The summed E-state index contributed by atoms with van der Waals surface area (Å²) < 4.78 is 0. The van der Waals surface area contributed by atoms with Crippen LogP contribution in [0, 0.1) is 13.8 Å². The fourth-order valence-corrected chi connectivity index (χ4v) is 2.18. The quantitative estimate of drug-likeness (QED) is 0.779. The van der Waals surface area contributed by atoms with Crippen molar-refractivity contribution in [2.75, 3.05) is 18.4 Å². The number of urea groups is 1. The molecule has 92 valence electrons. The number of aliphatic hydroxyl groups is 1. The highest BCUT2D eigenvalue weighted by molar-refractivity contribution is 5.89. The van der Waals surface area contributed by atoms with E-state index in [0.29, 0.717) is 19.5 Å². The number of amides is 2. The van der Waals surface area contributed by atoms with Gasteiger partial charge in [0.1, 0.15) is 0 Å². The summed E-state index contributed by atoms with van der Waals surface area (Å²) in [5.41, 5.74) is 3.07. The number of aliphatic hydroxyl groups excluding tert-OH is 1. The monoisotopic (exact) mass is 234 g/mol. The normalized spacial score (nSPS) is 19.5. The number of carbonyl (C=O) groups excluding carboxylic acids is 1. The maximum Gasteiger partial charge on any atom is 0.321 e. The SMILES string of the molecule is Cc1cc(C)cc(NC(=O)N2CC[C@@H](O)C2)c1. The highest BCUT2D eigenvalue weighted by Crippen LogP contribution is 2.16. The van der Waals surface area contributed by atoms with E-state index >= 15 is 0 Å². The van der Waals surface area contributed by atoms with Gasteiger partial charge in [-0.2, -0.15) is 0 Å². The zero-order valence-electron chi connectivity index (χ0n) is 10.2. The first-order chi connectivity index (χ1) is 8.04. The van der Waals surface area contributed by atoms with E-state index in [9.17, 15) is 9.90 Å². The molecular formula is C13H18N2O2. The Morgan fingerprint density at radius 1 is 1.35 bits per heavy atom. The Hall–Kier alpha value is -1.55. The van der Waals surface area contributed by atoms with Crippen LogP contribution in [0.2, 0.25) is 0 Å². The summed E-state index contributed by atoms with van der Waals surface area (Å²) in [6, 6.07) is 5.82. The van der Waals surface area contributed by atoms with Gasteiger partial charge >= 0.3 is 6.03 Å². The van der Waals surface area contributed by atoms with Gasteiger partial charge in [0, 0.05) is 18.8 Å². The van der Waals surface area contributed by atoms with Crippen LogP contribution in [0.3, 0.4) is 0 Å². The number of benzene rings is 1. The van der Waals surface area contributed by atoms with Crippen molar-refractivity contribution in [3.8, 4) is 0 Å². The van der Waals surface area contributed by atoms with E-state index in [0.717, 1.165) is 16.8 Å². The molecule has 2 rings (SSSR count). The van der Waals surface area contributed by atoms with Gasteiger partial charge in [-0.3, -0.25) is 0 Å². The fourth-order valence-electron chi connectivity index (χ4n) is 2.18. The van der Waals surface area contributed by atoms with Crippen LogP contribution in [0.5, 0.6) is 0 Å². The molecule has 1 aromatic rings. The van der Waals surface area contributed by atoms with Crippen molar-refractivity contribution in [3.05, 3.63) is 29.3 Å². The first kappa shape index (κ1) is 11.9. The number of anilines is 1. The van der Waals surface area contributed by atoms with Crippen LogP contribution in [-0.2, 0) is 0 Å². The van der Waals surface area contributed by atoms with Gasteiger partial charge in [0.15, 0.2) is 0 Å². The second-order valence-corrected chi connectivity index (χ2v) is 4.70. The van der Waals surface area contributed by atoms with E-state index in [4.69, 9.17) is 0 Å². The third-order valence-electron chi connectivity index (χ3n) is 2.92. The predicted octanol–water partition coefficient (Wildman–Crippen LogP) is 1.90. The van der Waals surface area contributed by atoms with Gasteiger partial charge in [0.05, 0.1) is 6.10 Å². The Bertz CT molecular complexity index is 411. The van der Waals surface area contributed by atoms with Gasteiger partial charge in [0.25, 0.3) is 0 Å². The van der Waals surface area contributed by atoms with E-state index in [2.05, 4.69) is 11.4 Å². The van der Waals surface area contributed by atoms with Crippen LogP contribution in [-0.4, -0.2) is 35.2 Å². The van der Waals surface area contributed by atoms with E-state index in [1.165, 1.54) is 0 Å². The number of hydrogen-bond donors (Lipinski definition) is 2. The number of nitrogens with zero attached hydrogens (tertiary/aromatic N) is 1. The predicted molar refractivity (Wildman–Crippen MR) is 67.1 cm³/mol. The Balaban J connectivity index is 2.03. The highest BCUT2D eigenvalue weighted by atomic mass is 16.3. The maximum absolute atomic E-state index is 11.9. The van der Waals surface area contributed by atoms with Crippen LogP contribution >= 0.6 is 0 Å². The first-order valence-electron chi connectivity index (χ1n) is 5.87. The van der Waals surface area contributed by atoms with Gasteiger partial charge < -0.3 is 15.3 Å². The fraction of sp³-hybridized carbons (Fsp3) is 0.462. The van der Waals surface area contributed by atoms with Crippen molar-refractivity contribution in [1.29, 1.82) is 0 Å². The number of carbonyl (C=O) groups is 1. The summed E-state index contributed by atoms with van der Waals surface area (Å²) in [4.78, 5) is 13.5. The molecule has 4 heteroatoms. The van der Waals surface area contributed by atoms with Crippen molar-refractivity contribution >= 4 is 11.7 Å². The molecule has 0 spiro atoms. The molecule has 4 nitrogen and oxygen atoms in total. The lowest BCUT2D eigenvalue weighted by Crippen LogP contribution is -2.33. The number of hydrogen-bond acceptors (Lipinski definition) is 2. The third kappa shape index (κ3) is 2.97. The van der Waals surface area contributed by atoms with Crippen LogP contribution in [0.25, 0.3) is 0 Å². The Morgan fingerprint density at radius 3 is 2.53 bits per heavy atom.